The number of aryl methyl sites for hydroxylation is 1. The van der Waals surface area contributed by atoms with Gasteiger partial charge in [-0.25, -0.2) is 4.98 Å². The lowest BCUT2D eigenvalue weighted by Gasteiger charge is -2.09. The molecule has 3 N–H and O–H groups in total. The Labute approximate surface area is 129 Å². The number of hydrogen-bond acceptors (Lipinski definition) is 4. The van der Waals surface area contributed by atoms with Crippen LogP contribution in [0.5, 0.6) is 5.75 Å². The van der Waals surface area contributed by atoms with Crippen LogP contribution in [-0.4, -0.2) is 10.8 Å². The highest BCUT2D eigenvalue weighted by molar-refractivity contribution is 7.13. The van der Waals surface area contributed by atoms with Crippen LogP contribution in [0.3, 0.4) is 0 Å². The molecular formula is C16H21N3OS. The van der Waals surface area contributed by atoms with Crippen LogP contribution < -0.4 is 10.5 Å². The fourth-order valence-electron chi connectivity index (χ4n) is 2.04. The minimum atomic E-state index is 0.0780. The number of nitrogens with one attached hydrogen (secondary N) is 1. The van der Waals surface area contributed by atoms with Gasteiger partial charge in [-0.2, -0.15) is 0 Å². The highest BCUT2D eigenvalue weighted by atomic mass is 32.1. The van der Waals surface area contributed by atoms with Crippen LogP contribution in [0.25, 0.3) is 0 Å². The molecule has 112 valence electrons. The van der Waals surface area contributed by atoms with Gasteiger partial charge in [0.05, 0.1) is 10.6 Å². The van der Waals surface area contributed by atoms with Crippen molar-refractivity contribution >= 4 is 17.2 Å². The number of aromatic nitrogens is 1. The molecule has 0 bridgehead atoms. The Morgan fingerprint density at radius 2 is 2.10 bits per heavy atom. The SMILES string of the molecule is Cc1cccc(OCc2nc(C(C)C)c(C(=N)N)s2)c1C. The standard InChI is InChI=1S/C16H21N3OS/c1-9(2)14-15(16(17)18)21-13(19-14)8-20-12-7-5-6-10(3)11(12)4/h5-7,9H,8H2,1-4H3,(H3,17,18). The highest BCUT2D eigenvalue weighted by Crippen LogP contribution is 2.27. The van der Waals surface area contributed by atoms with Crippen LogP contribution in [0.2, 0.25) is 0 Å². The number of ether oxygens (including phenoxy) is 1. The lowest BCUT2D eigenvalue weighted by molar-refractivity contribution is 0.303. The zero-order valence-corrected chi connectivity index (χ0v) is 13.7. The molecule has 0 aliphatic heterocycles. The summed E-state index contributed by atoms with van der Waals surface area (Å²) in [6.45, 7) is 8.62. The van der Waals surface area contributed by atoms with Crippen LogP contribution in [-0.2, 0) is 6.61 Å². The molecule has 0 amide bonds. The Hall–Kier alpha value is -1.88. The number of amidine groups is 1. The van der Waals surface area contributed by atoms with E-state index in [1.165, 1.54) is 16.9 Å². The van der Waals surface area contributed by atoms with E-state index in [1.807, 2.05) is 19.1 Å². The van der Waals surface area contributed by atoms with Crippen molar-refractivity contribution < 1.29 is 4.74 Å². The molecule has 1 aromatic carbocycles. The van der Waals surface area contributed by atoms with Gasteiger partial charge < -0.3 is 10.5 Å². The summed E-state index contributed by atoms with van der Waals surface area (Å²) >= 11 is 1.44. The summed E-state index contributed by atoms with van der Waals surface area (Å²) in [5, 5.41) is 8.50. The molecule has 2 aromatic rings. The maximum atomic E-state index is 7.65. The molecule has 0 spiro atoms. The number of nitrogen functional groups attached to an aromatic ring is 1. The Morgan fingerprint density at radius 3 is 2.67 bits per heavy atom. The molecule has 0 saturated carbocycles. The van der Waals surface area contributed by atoms with Gasteiger partial charge in [0.2, 0.25) is 0 Å². The second-order valence-corrected chi connectivity index (χ2v) is 6.46. The van der Waals surface area contributed by atoms with E-state index >= 15 is 0 Å². The van der Waals surface area contributed by atoms with Crippen LogP contribution in [0.4, 0.5) is 0 Å². The molecule has 1 aromatic heterocycles. The van der Waals surface area contributed by atoms with Crippen molar-refractivity contribution in [2.24, 2.45) is 5.73 Å². The Bertz CT molecular complexity index is 662. The number of nitrogens with two attached hydrogens (primary N) is 1. The Balaban J connectivity index is 2.19. The molecule has 0 aliphatic carbocycles. The zero-order valence-electron chi connectivity index (χ0n) is 12.9. The van der Waals surface area contributed by atoms with Gasteiger partial charge in [0.1, 0.15) is 23.2 Å². The fourth-order valence-corrected chi connectivity index (χ4v) is 3.04. The van der Waals surface area contributed by atoms with Gasteiger partial charge in [0.15, 0.2) is 0 Å². The third-order valence-electron chi connectivity index (χ3n) is 3.40. The van der Waals surface area contributed by atoms with Gasteiger partial charge in [-0.1, -0.05) is 26.0 Å². The number of benzene rings is 1. The fraction of sp³-hybridized carbons (Fsp3) is 0.375. The first-order valence-electron chi connectivity index (χ1n) is 6.93. The zero-order chi connectivity index (χ0) is 15.6. The van der Waals surface area contributed by atoms with Gasteiger partial charge in [-0.05, 0) is 37.0 Å². The first kappa shape index (κ1) is 15.5. The van der Waals surface area contributed by atoms with E-state index in [-0.39, 0.29) is 11.8 Å². The molecule has 4 nitrogen and oxygen atoms in total. The van der Waals surface area contributed by atoms with Crippen molar-refractivity contribution in [2.45, 2.75) is 40.2 Å². The van der Waals surface area contributed by atoms with Crippen LogP contribution in [0, 0.1) is 19.3 Å². The van der Waals surface area contributed by atoms with E-state index in [4.69, 9.17) is 15.9 Å². The summed E-state index contributed by atoms with van der Waals surface area (Å²) in [5.74, 6) is 1.20. The summed E-state index contributed by atoms with van der Waals surface area (Å²) in [4.78, 5) is 5.33. The maximum Gasteiger partial charge on any atom is 0.140 e. The largest absolute Gasteiger partial charge is 0.486 e. The van der Waals surface area contributed by atoms with E-state index < -0.39 is 0 Å². The number of thiazole rings is 1. The third kappa shape index (κ3) is 3.42. The average Bonchev–Trinajstić information content (AvgIpc) is 2.85. The molecule has 0 aliphatic rings. The lowest BCUT2D eigenvalue weighted by Crippen LogP contribution is -2.12. The normalized spacial score (nSPS) is 10.9. The summed E-state index contributed by atoms with van der Waals surface area (Å²) in [5.41, 5.74) is 8.86. The summed E-state index contributed by atoms with van der Waals surface area (Å²) in [6, 6.07) is 6.02. The van der Waals surface area contributed by atoms with Gasteiger partial charge >= 0.3 is 0 Å². The molecular weight excluding hydrogens is 282 g/mol. The second kappa shape index (κ2) is 6.26. The molecule has 5 heteroatoms. The van der Waals surface area contributed by atoms with Gasteiger partial charge in [-0.3, -0.25) is 5.41 Å². The summed E-state index contributed by atoms with van der Waals surface area (Å²) in [7, 11) is 0. The minimum Gasteiger partial charge on any atom is -0.486 e. The maximum absolute atomic E-state index is 7.65. The van der Waals surface area contributed by atoms with E-state index in [2.05, 4.69) is 31.8 Å². The van der Waals surface area contributed by atoms with Crippen molar-refractivity contribution in [2.75, 3.05) is 0 Å². The lowest BCUT2D eigenvalue weighted by atomic mass is 10.1. The second-order valence-electron chi connectivity index (χ2n) is 5.38. The quantitative estimate of drug-likeness (QED) is 0.652. The van der Waals surface area contributed by atoms with Crippen LogP contribution in [0.15, 0.2) is 18.2 Å². The molecule has 21 heavy (non-hydrogen) atoms. The first-order chi connectivity index (χ1) is 9.90. The smallest absolute Gasteiger partial charge is 0.140 e. The van der Waals surface area contributed by atoms with Crippen molar-refractivity contribution in [3.63, 3.8) is 0 Å². The summed E-state index contributed by atoms with van der Waals surface area (Å²) < 4.78 is 5.87. The van der Waals surface area contributed by atoms with Gasteiger partial charge in [0, 0.05) is 0 Å². The van der Waals surface area contributed by atoms with E-state index in [9.17, 15) is 0 Å². The van der Waals surface area contributed by atoms with Gasteiger partial charge in [-0.15, -0.1) is 11.3 Å². The van der Waals surface area contributed by atoms with Crippen molar-refractivity contribution in [3.05, 3.63) is 44.9 Å². The molecule has 0 fully saturated rings. The Morgan fingerprint density at radius 1 is 1.38 bits per heavy atom. The van der Waals surface area contributed by atoms with Crippen molar-refractivity contribution in [3.8, 4) is 5.75 Å². The Kier molecular flexibility index (Phi) is 4.63. The number of hydrogen-bond donors (Lipinski definition) is 2. The van der Waals surface area contributed by atoms with E-state index in [0.29, 0.717) is 6.61 Å². The van der Waals surface area contributed by atoms with Crippen LogP contribution in [0.1, 0.15) is 46.5 Å². The predicted molar refractivity (Wildman–Crippen MR) is 87.5 cm³/mol. The topological polar surface area (TPSA) is 72.0 Å². The molecule has 0 unspecified atom stereocenters. The molecule has 0 atom stereocenters. The monoisotopic (exact) mass is 303 g/mol. The highest BCUT2D eigenvalue weighted by Gasteiger charge is 2.16. The average molecular weight is 303 g/mol. The molecule has 1 heterocycles. The van der Waals surface area contributed by atoms with Crippen LogP contribution >= 0.6 is 11.3 Å². The van der Waals surface area contributed by atoms with E-state index in [0.717, 1.165) is 26.9 Å². The molecule has 0 radical (unpaired) electrons. The van der Waals surface area contributed by atoms with Gasteiger partial charge in [0.25, 0.3) is 0 Å². The third-order valence-corrected chi connectivity index (χ3v) is 4.47. The number of rotatable bonds is 5. The first-order valence-corrected chi connectivity index (χ1v) is 7.74. The van der Waals surface area contributed by atoms with Crippen molar-refractivity contribution in [1.29, 1.82) is 5.41 Å². The number of nitrogens with zero attached hydrogens (tertiary/aromatic N) is 1. The minimum absolute atomic E-state index is 0.0780. The summed E-state index contributed by atoms with van der Waals surface area (Å²) in [6.07, 6.45) is 0. The van der Waals surface area contributed by atoms with E-state index in [1.54, 1.807) is 0 Å². The van der Waals surface area contributed by atoms with Crippen molar-refractivity contribution in [1.82, 2.24) is 4.98 Å². The molecule has 2 rings (SSSR count). The predicted octanol–water partition coefficient (Wildman–Crippen LogP) is 3.75. The molecule has 0 saturated heterocycles.